The number of halogens is 1. The van der Waals surface area contributed by atoms with Crippen molar-refractivity contribution in [1.82, 2.24) is 4.98 Å². The van der Waals surface area contributed by atoms with E-state index in [1.54, 1.807) is 12.4 Å². The summed E-state index contributed by atoms with van der Waals surface area (Å²) in [6.45, 7) is 1.97. The summed E-state index contributed by atoms with van der Waals surface area (Å²) in [6.07, 6.45) is 4.14. The predicted molar refractivity (Wildman–Crippen MR) is 73.1 cm³/mol. The topological polar surface area (TPSA) is 48.1 Å². The Kier molecular flexibility index (Phi) is 4.18. The molecule has 2 N–H and O–H groups in total. The van der Waals surface area contributed by atoms with Gasteiger partial charge in [-0.25, -0.2) is 0 Å². The van der Waals surface area contributed by atoms with Gasteiger partial charge in [0, 0.05) is 12.2 Å². The molecule has 2 aromatic rings. The van der Waals surface area contributed by atoms with E-state index in [9.17, 15) is 0 Å². The number of nitrogens with zero attached hydrogens (tertiary/aromatic N) is 1. The van der Waals surface area contributed by atoms with Crippen LogP contribution in [0.15, 0.2) is 42.7 Å². The monoisotopic (exact) mass is 262 g/mol. The Morgan fingerprint density at radius 2 is 2.22 bits per heavy atom. The first-order chi connectivity index (χ1) is 8.65. The summed E-state index contributed by atoms with van der Waals surface area (Å²) in [5.74, 6) is 1.29. The van der Waals surface area contributed by atoms with Gasteiger partial charge in [0.25, 0.3) is 0 Å². The summed E-state index contributed by atoms with van der Waals surface area (Å²) >= 11 is 6.18. The fourth-order valence-corrected chi connectivity index (χ4v) is 1.90. The maximum absolute atomic E-state index is 6.18. The Bertz CT molecular complexity index is 514. The van der Waals surface area contributed by atoms with Crippen molar-refractivity contribution in [2.45, 2.75) is 19.4 Å². The number of rotatable bonds is 4. The molecule has 0 aliphatic carbocycles. The van der Waals surface area contributed by atoms with Crippen molar-refractivity contribution in [3.05, 3.63) is 53.3 Å². The number of benzene rings is 1. The molecule has 0 saturated heterocycles. The molecule has 0 aliphatic rings. The molecule has 0 saturated carbocycles. The van der Waals surface area contributed by atoms with Crippen molar-refractivity contribution in [1.29, 1.82) is 0 Å². The molecular formula is C14H15ClN2O. The first-order valence-corrected chi connectivity index (χ1v) is 6.15. The van der Waals surface area contributed by atoms with E-state index in [0.717, 1.165) is 12.0 Å². The molecule has 0 aliphatic heterocycles. The van der Waals surface area contributed by atoms with Crippen LogP contribution in [0, 0.1) is 0 Å². The van der Waals surface area contributed by atoms with Crippen molar-refractivity contribution >= 4 is 11.6 Å². The minimum absolute atomic E-state index is 0.117. The molecule has 1 aromatic carbocycles. The van der Waals surface area contributed by atoms with Crippen LogP contribution in [0.4, 0.5) is 0 Å². The summed E-state index contributed by atoms with van der Waals surface area (Å²) in [7, 11) is 0. The second-order valence-corrected chi connectivity index (χ2v) is 4.64. The Hall–Kier alpha value is -1.58. The molecule has 1 heterocycles. The van der Waals surface area contributed by atoms with Crippen molar-refractivity contribution < 1.29 is 4.74 Å². The summed E-state index contributed by atoms with van der Waals surface area (Å²) in [6, 6.07) is 9.48. The Morgan fingerprint density at radius 1 is 1.39 bits per heavy atom. The first kappa shape index (κ1) is 12.9. The van der Waals surface area contributed by atoms with E-state index >= 15 is 0 Å². The lowest BCUT2D eigenvalue weighted by atomic mass is 10.1. The number of nitrogens with two attached hydrogens (primary N) is 1. The van der Waals surface area contributed by atoms with Gasteiger partial charge in [-0.3, -0.25) is 4.98 Å². The molecule has 0 spiro atoms. The second kappa shape index (κ2) is 5.85. The van der Waals surface area contributed by atoms with Crippen molar-refractivity contribution in [3.8, 4) is 11.5 Å². The summed E-state index contributed by atoms with van der Waals surface area (Å²) in [5.41, 5.74) is 6.86. The molecule has 1 unspecified atom stereocenters. The lowest BCUT2D eigenvalue weighted by Gasteiger charge is -2.10. The van der Waals surface area contributed by atoms with Crippen LogP contribution in [0.2, 0.25) is 5.02 Å². The highest BCUT2D eigenvalue weighted by Crippen LogP contribution is 2.29. The van der Waals surface area contributed by atoms with E-state index in [2.05, 4.69) is 4.98 Å². The van der Waals surface area contributed by atoms with Crippen LogP contribution < -0.4 is 10.5 Å². The predicted octanol–water partition coefficient (Wildman–Crippen LogP) is 3.42. The second-order valence-electron chi connectivity index (χ2n) is 4.24. The SMILES string of the molecule is CC(N)Cc1ccc(Oc2cccnc2)c(Cl)c1. The Labute approximate surface area is 112 Å². The molecule has 1 aromatic heterocycles. The van der Waals surface area contributed by atoms with Crippen LogP contribution in [0.25, 0.3) is 0 Å². The molecule has 4 heteroatoms. The largest absolute Gasteiger partial charge is 0.454 e. The number of aromatic nitrogens is 1. The van der Waals surface area contributed by atoms with E-state index < -0.39 is 0 Å². The molecule has 2 rings (SSSR count). The molecule has 0 radical (unpaired) electrons. The van der Waals surface area contributed by atoms with Crippen LogP contribution >= 0.6 is 11.6 Å². The molecule has 1 atom stereocenters. The average Bonchev–Trinajstić information content (AvgIpc) is 2.33. The third kappa shape index (κ3) is 3.45. The van der Waals surface area contributed by atoms with Crippen LogP contribution in [-0.2, 0) is 6.42 Å². The zero-order chi connectivity index (χ0) is 13.0. The number of hydrogen-bond donors (Lipinski definition) is 1. The highest BCUT2D eigenvalue weighted by atomic mass is 35.5. The van der Waals surface area contributed by atoms with Gasteiger partial charge < -0.3 is 10.5 Å². The molecule has 3 nitrogen and oxygen atoms in total. The van der Waals surface area contributed by atoms with Gasteiger partial charge in [0.1, 0.15) is 11.5 Å². The fourth-order valence-electron chi connectivity index (χ4n) is 1.66. The quantitative estimate of drug-likeness (QED) is 0.918. The van der Waals surface area contributed by atoms with E-state index in [1.807, 2.05) is 37.3 Å². The molecular weight excluding hydrogens is 248 g/mol. The number of hydrogen-bond acceptors (Lipinski definition) is 3. The zero-order valence-electron chi connectivity index (χ0n) is 10.1. The van der Waals surface area contributed by atoms with Gasteiger partial charge in [-0.05, 0) is 43.2 Å². The van der Waals surface area contributed by atoms with Crippen LogP contribution in [0.5, 0.6) is 11.5 Å². The van der Waals surface area contributed by atoms with Crippen LogP contribution in [0.3, 0.4) is 0 Å². The smallest absolute Gasteiger partial charge is 0.146 e. The maximum atomic E-state index is 6.18. The van der Waals surface area contributed by atoms with Crippen LogP contribution in [0.1, 0.15) is 12.5 Å². The van der Waals surface area contributed by atoms with Gasteiger partial charge in [0.2, 0.25) is 0 Å². The van der Waals surface area contributed by atoms with Crippen molar-refractivity contribution in [3.63, 3.8) is 0 Å². The number of pyridine rings is 1. The molecule has 0 fully saturated rings. The molecule has 0 bridgehead atoms. The number of ether oxygens (including phenoxy) is 1. The zero-order valence-corrected chi connectivity index (χ0v) is 10.9. The minimum Gasteiger partial charge on any atom is -0.454 e. The average molecular weight is 263 g/mol. The normalized spacial score (nSPS) is 12.2. The third-order valence-corrected chi connectivity index (χ3v) is 2.71. The molecule has 0 amide bonds. The lowest BCUT2D eigenvalue weighted by Crippen LogP contribution is -2.17. The first-order valence-electron chi connectivity index (χ1n) is 5.77. The van der Waals surface area contributed by atoms with E-state index in [-0.39, 0.29) is 6.04 Å². The summed E-state index contributed by atoms with van der Waals surface area (Å²) < 4.78 is 5.64. The van der Waals surface area contributed by atoms with E-state index in [0.29, 0.717) is 16.5 Å². The van der Waals surface area contributed by atoms with E-state index in [1.165, 1.54) is 0 Å². The van der Waals surface area contributed by atoms with Gasteiger partial charge in [-0.15, -0.1) is 0 Å². The maximum Gasteiger partial charge on any atom is 0.146 e. The lowest BCUT2D eigenvalue weighted by molar-refractivity contribution is 0.480. The minimum atomic E-state index is 0.117. The highest BCUT2D eigenvalue weighted by molar-refractivity contribution is 6.32. The third-order valence-electron chi connectivity index (χ3n) is 2.42. The van der Waals surface area contributed by atoms with Gasteiger partial charge in [-0.2, -0.15) is 0 Å². The Balaban J connectivity index is 2.15. The van der Waals surface area contributed by atoms with Gasteiger partial charge in [-0.1, -0.05) is 17.7 Å². The highest BCUT2D eigenvalue weighted by Gasteiger charge is 2.06. The molecule has 94 valence electrons. The standard InChI is InChI=1S/C14H15ClN2O/c1-10(16)7-11-4-5-14(13(15)8-11)18-12-3-2-6-17-9-12/h2-6,8-10H,7,16H2,1H3. The Morgan fingerprint density at radius 3 is 2.83 bits per heavy atom. The fraction of sp³-hybridized carbons (Fsp3) is 0.214. The summed E-state index contributed by atoms with van der Waals surface area (Å²) in [5, 5.41) is 0.581. The van der Waals surface area contributed by atoms with Crippen LogP contribution in [-0.4, -0.2) is 11.0 Å². The van der Waals surface area contributed by atoms with Crippen molar-refractivity contribution in [2.24, 2.45) is 5.73 Å². The van der Waals surface area contributed by atoms with Gasteiger partial charge in [0.15, 0.2) is 0 Å². The van der Waals surface area contributed by atoms with Crippen molar-refractivity contribution in [2.75, 3.05) is 0 Å². The van der Waals surface area contributed by atoms with E-state index in [4.69, 9.17) is 22.1 Å². The van der Waals surface area contributed by atoms with Gasteiger partial charge >= 0.3 is 0 Å². The molecule has 18 heavy (non-hydrogen) atoms. The van der Waals surface area contributed by atoms with Gasteiger partial charge in [0.05, 0.1) is 11.2 Å². The summed E-state index contributed by atoms with van der Waals surface area (Å²) in [4.78, 5) is 3.98.